The molecule has 0 saturated carbocycles. The van der Waals surface area contributed by atoms with Crippen molar-refractivity contribution < 1.29 is 9.53 Å². The average molecular weight is 289 g/mol. The van der Waals surface area contributed by atoms with Crippen LogP contribution in [-0.2, 0) is 11.3 Å². The summed E-state index contributed by atoms with van der Waals surface area (Å²) in [6.45, 7) is 0.278. The normalized spacial score (nSPS) is 9.50. The fourth-order valence-corrected chi connectivity index (χ4v) is 1.19. The molecular weight excluding hydrogens is 282 g/mol. The van der Waals surface area contributed by atoms with E-state index in [1.807, 2.05) is 18.2 Å². The third-order valence-electron chi connectivity index (χ3n) is 1.33. The summed E-state index contributed by atoms with van der Waals surface area (Å²) in [5.41, 5.74) is 0.849. The van der Waals surface area contributed by atoms with Gasteiger partial charge in [-0.15, -0.1) is 0 Å². The molecule has 4 heteroatoms. The molecule has 0 heterocycles. The molecule has 1 rings (SSSR count). The van der Waals surface area contributed by atoms with Crippen molar-refractivity contribution in [2.24, 2.45) is 0 Å². The van der Waals surface area contributed by atoms with Crippen molar-refractivity contribution in [2.75, 3.05) is 0 Å². The van der Waals surface area contributed by atoms with Crippen LogP contribution in [0, 0.1) is 0 Å². The Hall–Kier alpha value is -0.221. The first-order valence-corrected chi connectivity index (χ1v) is 5.38. The molecular formula is C8H7ClO2Sn. The maximum atomic E-state index is 10.5. The molecule has 0 aliphatic carbocycles. The standard InChI is InChI=1S/C8H6ClO2.Sn.H/c9-8-4-2-1-3-7(8)5-11-6-10;;/h1-4H,5H2;;. The zero-order valence-electron chi connectivity index (χ0n) is 6.29. The van der Waals surface area contributed by atoms with Crippen LogP contribution in [0.5, 0.6) is 0 Å². The number of carbonyl (C=O) groups excluding carboxylic acids is 1. The second kappa shape index (κ2) is 4.72. The monoisotopic (exact) mass is 290 g/mol. The van der Waals surface area contributed by atoms with E-state index in [1.165, 1.54) is 0 Å². The van der Waals surface area contributed by atoms with E-state index in [1.54, 1.807) is 6.07 Å². The van der Waals surface area contributed by atoms with Crippen molar-refractivity contribution in [1.82, 2.24) is 0 Å². The number of halogens is 1. The Morgan fingerprint density at radius 2 is 2.17 bits per heavy atom. The van der Waals surface area contributed by atoms with Crippen LogP contribution in [0.1, 0.15) is 5.56 Å². The molecule has 0 fully saturated rings. The predicted octanol–water partition coefficient (Wildman–Crippen LogP) is 1.88. The first kappa shape index (κ1) is 9.86. The van der Waals surface area contributed by atoms with Gasteiger partial charge >= 0.3 is 89.1 Å². The Bertz CT molecular complexity index is 288. The number of ether oxygens (including phenoxy) is 1. The van der Waals surface area contributed by atoms with E-state index in [9.17, 15) is 4.79 Å². The van der Waals surface area contributed by atoms with Crippen LogP contribution in [0.3, 0.4) is 0 Å². The van der Waals surface area contributed by atoms with Crippen LogP contribution in [-0.4, -0.2) is 26.5 Å². The van der Waals surface area contributed by atoms with Gasteiger partial charge in [-0.2, -0.15) is 0 Å². The SMILES string of the molecule is O=[C]([SnH])OCc1ccccc1Cl. The van der Waals surface area contributed by atoms with Crippen LogP contribution < -0.4 is 0 Å². The number of rotatable bonds is 2. The van der Waals surface area contributed by atoms with Crippen molar-refractivity contribution in [2.45, 2.75) is 6.61 Å². The molecule has 0 bridgehead atoms. The molecule has 2 radical (unpaired) electrons. The number of hydrogen-bond donors (Lipinski definition) is 0. The van der Waals surface area contributed by atoms with E-state index < -0.39 is 0 Å². The molecule has 0 aliphatic heterocycles. The van der Waals surface area contributed by atoms with E-state index in [0.717, 1.165) is 5.56 Å². The van der Waals surface area contributed by atoms with E-state index in [-0.39, 0.29) is 10.6 Å². The van der Waals surface area contributed by atoms with E-state index >= 15 is 0 Å². The van der Waals surface area contributed by atoms with E-state index in [4.69, 9.17) is 16.3 Å². The van der Waals surface area contributed by atoms with E-state index in [2.05, 4.69) is 0 Å². The fraction of sp³-hybridized carbons (Fsp3) is 0.125. The molecule has 1 aromatic carbocycles. The van der Waals surface area contributed by atoms with Crippen molar-refractivity contribution in [3.8, 4) is 0 Å². The first-order chi connectivity index (χ1) is 5.70. The summed E-state index contributed by atoms with van der Waals surface area (Å²) in [6.07, 6.45) is 0. The van der Waals surface area contributed by atoms with E-state index in [0.29, 0.717) is 27.5 Å². The van der Waals surface area contributed by atoms with Gasteiger partial charge in [0.05, 0.1) is 0 Å². The van der Waals surface area contributed by atoms with Crippen molar-refractivity contribution >= 4 is 38.1 Å². The van der Waals surface area contributed by atoms with Gasteiger partial charge in [0.25, 0.3) is 0 Å². The second-order valence-corrected chi connectivity index (χ2v) is 3.95. The summed E-state index contributed by atoms with van der Waals surface area (Å²) >= 11 is 6.31. The number of carbonyl (C=O) groups is 1. The van der Waals surface area contributed by atoms with Crippen LogP contribution in [0.2, 0.25) is 5.02 Å². The van der Waals surface area contributed by atoms with Crippen molar-refractivity contribution in [3.05, 3.63) is 34.9 Å². The quantitative estimate of drug-likeness (QED) is 0.777. The van der Waals surface area contributed by atoms with Crippen LogP contribution in [0.25, 0.3) is 0 Å². The van der Waals surface area contributed by atoms with Crippen LogP contribution >= 0.6 is 11.6 Å². The summed E-state index contributed by atoms with van der Waals surface area (Å²) in [6, 6.07) is 7.32. The maximum absolute atomic E-state index is 10.5. The molecule has 0 amide bonds. The molecule has 0 unspecified atom stereocenters. The molecule has 2 nitrogen and oxygen atoms in total. The van der Waals surface area contributed by atoms with Gasteiger partial charge in [0.15, 0.2) is 0 Å². The van der Waals surface area contributed by atoms with Crippen LogP contribution in [0.15, 0.2) is 24.3 Å². The zero-order chi connectivity index (χ0) is 8.97. The molecule has 0 aliphatic rings. The molecule has 0 spiro atoms. The predicted molar refractivity (Wildman–Crippen MR) is 48.8 cm³/mol. The Labute approximate surface area is 88.9 Å². The third kappa shape index (κ3) is 3.03. The fourth-order valence-electron chi connectivity index (χ4n) is 0.764. The van der Waals surface area contributed by atoms with Crippen LogP contribution in [0.4, 0.5) is 4.79 Å². The van der Waals surface area contributed by atoms with Gasteiger partial charge in [0.2, 0.25) is 0 Å². The average Bonchev–Trinajstić information content (AvgIpc) is 2.03. The minimum absolute atomic E-state index is 0.166. The molecule has 0 atom stereocenters. The molecule has 0 aromatic heterocycles. The van der Waals surface area contributed by atoms with Crippen molar-refractivity contribution in [3.63, 3.8) is 0 Å². The van der Waals surface area contributed by atoms with Gasteiger partial charge in [-0.25, -0.2) is 0 Å². The van der Waals surface area contributed by atoms with Gasteiger partial charge in [0.1, 0.15) is 0 Å². The molecule has 0 N–H and O–H groups in total. The molecule has 1 aromatic rings. The summed E-state index contributed by atoms with van der Waals surface area (Å²) in [5.74, 6) is 0. The van der Waals surface area contributed by atoms with Gasteiger partial charge in [-0.1, -0.05) is 0 Å². The Morgan fingerprint density at radius 3 is 2.75 bits per heavy atom. The van der Waals surface area contributed by atoms with Crippen molar-refractivity contribution in [1.29, 1.82) is 0 Å². The van der Waals surface area contributed by atoms with Gasteiger partial charge in [-0.3, -0.25) is 0 Å². The number of hydrogen-bond acceptors (Lipinski definition) is 2. The summed E-state index contributed by atoms with van der Waals surface area (Å²) in [7, 11) is 0. The van der Waals surface area contributed by atoms with Gasteiger partial charge < -0.3 is 0 Å². The van der Waals surface area contributed by atoms with Gasteiger partial charge in [0, 0.05) is 0 Å². The summed E-state index contributed by atoms with van der Waals surface area (Å²) < 4.78 is 4.68. The van der Waals surface area contributed by atoms with Gasteiger partial charge in [-0.05, 0) is 0 Å². The second-order valence-electron chi connectivity index (χ2n) is 2.20. The minimum atomic E-state index is -0.166. The molecule has 12 heavy (non-hydrogen) atoms. The summed E-state index contributed by atoms with van der Waals surface area (Å²) in [5, 5.41) is 0.638. The third-order valence-corrected chi connectivity index (χ3v) is 2.17. The topological polar surface area (TPSA) is 26.3 Å². The zero-order valence-corrected chi connectivity index (χ0v) is 10.3. The Kier molecular flexibility index (Phi) is 3.88. The number of benzene rings is 1. The molecule has 62 valence electrons. The summed E-state index contributed by atoms with van der Waals surface area (Å²) in [4.78, 5) is 10.5. The first-order valence-electron chi connectivity index (χ1n) is 3.36. The Balaban J connectivity index is 2.63. The Morgan fingerprint density at radius 1 is 1.50 bits per heavy atom. The molecule has 0 saturated heterocycles.